The maximum Gasteiger partial charge on any atom is 0.152 e. The van der Waals surface area contributed by atoms with E-state index in [2.05, 4.69) is 21.0 Å². The molecule has 112 valence electrons. The highest BCUT2D eigenvalue weighted by Gasteiger charge is 2.31. The summed E-state index contributed by atoms with van der Waals surface area (Å²) in [4.78, 5) is 0. The van der Waals surface area contributed by atoms with Crippen molar-refractivity contribution in [2.75, 3.05) is 17.2 Å². The molecule has 0 amide bonds. The molecule has 0 radical (unpaired) electrons. The van der Waals surface area contributed by atoms with Gasteiger partial charge in [-0.3, -0.25) is 0 Å². The Labute approximate surface area is 132 Å². The van der Waals surface area contributed by atoms with E-state index in [4.69, 9.17) is 5.73 Å². The molecule has 1 atom stereocenters. The third-order valence-electron chi connectivity index (χ3n) is 3.85. The maximum atomic E-state index is 11.6. The molecular weight excluding hydrogens is 354 g/mol. The monoisotopic (exact) mass is 369 g/mol. The van der Waals surface area contributed by atoms with Gasteiger partial charge in [0.2, 0.25) is 0 Å². The molecule has 5 nitrogen and oxygen atoms in total. The highest BCUT2D eigenvalue weighted by Crippen LogP contribution is 2.33. The van der Waals surface area contributed by atoms with E-state index in [1.54, 1.807) is 4.68 Å². The lowest BCUT2D eigenvalue weighted by Gasteiger charge is -2.10. The summed E-state index contributed by atoms with van der Waals surface area (Å²) in [7, 11) is -2.96. The van der Waals surface area contributed by atoms with Crippen LogP contribution in [0.3, 0.4) is 0 Å². The van der Waals surface area contributed by atoms with Crippen LogP contribution in [0.15, 0.2) is 28.7 Å². The zero-order chi connectivity index (χ0) is 15.2. The van der Waals surface area contributed by atoms with Gasteiger partial charge in [-0.2, -0.15) is 5.10 Å². The Kier molecular flexibility index (Phi) is 3.57. The third-order valence-corrected chi connectivity index (χ3v) is 6.09. The van der Waals surface area contributed by atoms with Crippen molar-refractivity contribution in [2.45, 2.75) is 19.4 Å². The van der Waals surface area contributed by atoms with Gasteiger partial charge in [-0.25, -0.2) is 13.1 Å². The van der Waals surface area contributed by atoms with Crippen molar-refractivity contribution in [2.24, 2.45) is 0 Å². The lowest BCUT2D eigenvalue weighted by molar-refractivity contribution is 0.508. The van der Waals surface area contributed by atoms with Crippen LogP contribution in [0.25, 0.3) is 11.3 Å². The standard InChI is InChI=1S/C14H16BrN3O2S/c1-9-13(10-3-2-4-11(15)7-10)17-18(14(9)16)12-5-6-21(19,20)8-12/h2-4,7,12H,5-6,8,16H2,1H3. The lowest BCUT2D eigenvalue weighted by atomic mass is 10.1. The van der Waals surface area contributed by atoms with Gasteiger partial charge in [0.05, 0.1) is 23.2 Å². The first-order valence-corrected chi connectivity index (χ1v) is 9.30. The molecular formula is C14H16BrN3O2S. The van der Waals surface area contributed by atoms with Gasteiger partial charge in [-0.15, -0.1) is 0 Å². The van der Waals surface area contributed by atoms with Crippen LogP contribution < -0.4 is 5.73 Å². The minimum absolute atomic E-state index is 0.121. The highest BCUT2D eigenvalue weighted by atomic mass is 79.9. The molecule has 2 heterocycles. The van der Waals surface area contributed by atoms with Crippen LogP contribution in [-0.2, 0) is 9.84 Å². The number of nitrogen functional groups attached to an aromatic ring is 1. The van der Waals surface area contributed by atoms with Crippen molar-refractivity contribution in [3.05, 3.63) is 34.3 Å². The van der Waals surface area contributed by atoms with Crippen LogP contribution in [0.2, 0.25) is 0 Å². The van der Waals surface area contributed by atoms with Crippen LogP contribution >= 0.6 is 15.9 Å². The van der Waals surface area contributed by atoms with Crippen LogP contribution in [0.5, 0.6) is 0 Å². The van der Waals surface area contributed by atoms with Crippen molar-refractivity contribution in [1.29, 1.82) is 0 Å². The van der Waals surface area contributed by atoms with Gasteiger partial charge in [0.1, 0.15) is 5.82 Å². The van der Waals surface area contributed by atoms with E-state index in [1.807, 2.05) is 31.2 Å². The second-order valence-corrected chi connectivity index (χ2v) is 8.52. The van der Waals surface area contributed by atoms with E-state index in [9.17, 15) is 8.42 Å². The summed E-state index contributed by atoms with van der Waals surface area (Å²) in [5.74, 6) is 0.880. The maximum absolute atomic E-state index is 11.6. The van der Waals surface area contributed by atoms with Crippen LogP contribution in [-0.4, -0.2) is 29.7 Å². The zero-order valence-corrected chi connectivity index (χ0v) is 14.0. The van der Waals surface area contributed by atoms with E-state index in [-0.39, 0.29) is 17.5 Å². The summed E-state index contributed by atoms with van der Waals surface area (Å²) in [5.41, 5.74) is 8.80. The molecule has 0 spiro atoms. The molecule has 3 rings (SSSR count). The van der Waals surface area contributed by atoms with Gasteiger partial charge >= 0.3 is 0 Å². The first-order valence-electron chi connectivity index (χ1n) is 6.68. The average Bonchev–Trinajstić information content (AvgIpc) is 2.91. The number of halogens is 1. The Morgan fingerprint density at radius 1 is 1.43 bits per heavy atom. The van der Waals surface area contributed by atoms with Crippen molar-refractivity contribution in [3.8, 4) is 11.3 Å². The lowest BCUT2D eigenvalue weighted by Crippen LogP contribution is -2.14. The molecule has 7 heteroatoms. The third kappa shape index (κ3) is 2.72. The predicted molar refractivity (Wildman–Crippen MR) is 86.8 cm³/mol. The molecule has 2 N–H and O–H groups in total. The Hall–Kier alpha value is -1.34. The molecule has 0 aliphatic carbocycles. The fraction of sp³-hybridized carbons (Fsp3) is 0.357. The fourth-order valence-corrected chi connectivity index (χ4v) is 4.78. The second-order valence-electron chi connectivity index (χ2n) is 5.37. The first kappa shape index (κ1) is 14.6. The minimum atomic E-state index is -2.96. The number of sulfone groups is 1. The van der Waals surface area contributed by atoms with Gasteiger partial charge in [-0.05, 0) is 25.5 Å². The van der Waals surface area contributed by atoms with E-state index < -0.39 is 9.84 Å². The van der Waals surface area contributed by atoms with Crippen molar-refractivity contribution in [3.63, 3.8) is 0 Å². The van der Waals surface area contributed by atoms with Gasteiger partial charge < -0.3 is 5.73 Å². The van der Waals surface area contributed by atoms with E-state index >= 15 is 0 Å². The SMILES string of the molecule is Cc1c(-c2cccc(Br)c2)nn(C2CCS(=O)(=O)C2)c1N. The summed E-state index contributed by atoms with van der Waals surface area (Å²) >= 11 is 3.45. The number of hydrogen-bond acceptors (Lipinski definition) is 4. The van der Waals surface area contributed by atoms with Crippen LogP contribution in [0, 0.1) is 6.92 Å². The number of nitrogens with two attached hydrogens (primary N) is 1. The van der Waals surface area contributed by atoms with Crippen molar-refractivity contribution < 1.29 is 8.42 Å². The van der Waals surface area contributed by atoms with Crippen LogP contribution in [0.4, 0.5) is 5.82 Å². The van der Waals surface area contributed by atoms with Crippen LogP contribution in [0.1, 0.15) is 18.0 Å². The number of anilines is 1. The smallest absolute Gasteiger partial charge is 0.152 e. The van der Waals surface area contributed by atoms with E-state index in [0.717, 1.165) is 21.3 Å². The number of rotatable bonds is 2. The molecule has 1 unspecified atom stereocenters. The Morgan fingerprint density at radius 2 is 2.19 bits per heavy atom. The van der Waals surface area contributed by atoms with Gasteiger partial charge in [0, 0.05) is 15.6 Å². The molecule has 1 fully saturated rings. The minimum Gasteiger partial charge on any atom is -0.384 e. The Balaban J connectivity index is 2.04. The van der Waals surface area contributed by atoms with Gasteiger partial charge in [0.25, 0.3) is 0 Å². The largest absolute Gasteiger partial charge is 0.384 e. The summed E-state index contributed by atoms with van der Waals surface area (Å²) in [6.45, 7) is 1.92. The highest BCUT2D eigenvalue weighted by molar-refractivity contribution is 9.10. The molecule has 1 aromatic heterocycles. The van der Waals surface area contributed by atoms with Gasteiger partial charge in [-0.1, -0.05) is 28.1 Å². The molecule has 0 saturated carbocycles. The molecule has 1 aromatic carbocycles. The topological polar surface area (TPSA) is 78.0 Å². The average molecular weight is 370 g/mol. The molecule has 21 heavy (non-hydrogen) atoms. The summed E-state index contributed by atoms with van der Waals surface area (Å²) in [5, 5.41) is 4.57. The first-order chi connectivity index (χ1) is 9.87. The number of nitrogens with zero attached hydrogens (tertiary/aromatic N) is 2. The summed E-state index contributed by atoms with van der Waals surface area (Å²) in [6, 6.07) is 7.67. The Morgan fingerprint density at radius 3 is 2.81 bits per heavy atom. The molecule has 2 aromatic rings. The fourth-order valence-electron chi connectivity index (χ4n) is 2.69. The zero-order valence-electron chi connectivity index (χ0n) is 11.6. The van der Waals surface area contributed by atoms with E-state index in [0.29, 0.717) is 12.2 Å². The molecule has 1 aliphatic rings. The Bertz CT molecular complexity index is 799. The van der Waals surface area contributed by atoms with E-state index in [1.165, 1.54) is 0 Å². The summed E-state index contributed by atoms with van der Waals surface area (Å²) in [6.07, 6.45) is 0.575. The summed E-state index contributed by atoms with van der Waals surface area (Å²) < 4.78 is 25.9. The quantitative estimate of drug-likeness (QED) is 0.881. The molecule has 1 aliphatic heterocycles. The van der Waals surface area contributed by atoms with Crippen molar-refractivity contribution in [1.82, 2.24) is 9.78 Å². The number of hydrogen-bond donors (Lipinski definition) is 1. The van der Waals surface area contributed by atoms with Crippen molar-refractivity contribution >= 4 is 31.6 Å². The second kappa shape index (κ2) is 5.14. The molecule has 0 bridgehead atoms. The normalized spacial score (nSPS) is 20.8. The number of benzene rings is 1. The molecule has 1 saturated heterocycles. The predicted octanol–water partition coefficient (Wildman–Crippen LogP) is 2.56. The number of aromatic nitrogens is 2. The van der Waals surface area contributed by atoms with Gasteiger partial charge in [0.15, 0.2) is 9.84 Å².